The van der Waals surface area contributed by atoms with Crippen molar-refractivity contribution in [2.45, 2.75) is 19.3 Å². The van der Waals surface area contributed by atoms with Gasteiger partial charge in [0.2, 0.25) is 5.91 Å². The number of carboxylic acids is 1. The van der Waals surface area contributed by atoms with Gasteiger partial charge in [-0.15, -0.1) is 11.3 Å². The number of carbonyl (C=O) groups excluding carboxylic acids is 1. The van der Waals surface area contributed by atoms with Gasteiger partial charge in [-0.1, -0.05) is 24.3 Å². The maximum Gasteiger partial charge on any atom is 0.346 e. The van der Waals surface area contributed by atoms with Crippen molar-refractivity contribution in [3.63, 3.8) is 0 Å². The van der Waals surface area contributed by atoms with Crippen molar-refractivity contribution in [3.8, 4) is 16.9 Å². The first-order chi connectivity index (χ1) is 14.0. The number of halogens is 1. The van der Waals surface area contributed by atoms with E-state index in [2.05, 4.69) is 5.32 Å². The van der Waals surface area contributed by atoms with Crippen molar-refractivity contribution in [1.29, 1.82) is 0 Å². The summed E-state index contributed by atoms with van der Waals surface area (Å²) in [5.74, 6) is -1.20. The van der Waals surface area contributed by atoms with Gasteiger partial charge in [0, 0.05) is 22.8 Å². The van der Waals surface area contributed by atoms with E-state index in [9.17, 15) is 19.1 Å². The van der Waals surface area contributed by atoms with Gasteiger partial charge in [0.25, 0.3) is 0 Å². The molecule has 1 aliphatic rings. The summed E-state index contributed by atoms with van der Waals surface area (Å²) in [7, 11) is 0. The van der Waals surface area contributed by atoms with E-state index in [0.717, 1.165) is 27.5 Å². The Kier molecular flexibility index (Phi) is 5.07. The Labute approximate surface area is 170 Å². The lowest BCUT2D eigenvalue weighted by atomic mass is 9.88. The molecule has 4 rings (SSSR count). The Morgan fingerprint density at radius 2 is 1.90 bits per heavy atom. The van der Waals surface area contributed by atoms with E-state index in [4.69, 9.17) is 4.74 Å². The van der Waals surface area contributed by atoms with Crippen LogP contribution in [0.15, 0.2) is 48.5 Å². The van der Waals surface area contributed by atoms with E-state index in [0.29, 0.717) is 23.4 Å². The van der Waals surface area contributed by atoms with Gasteiger partial charge in [0.1, 0.15) is 16.4 Å². The highest BCUT2D eigenvalue weighted by Gasteiger charge is 2.34. The van der Waals surface area contributed by atoms with Crippen molar-refractivity contribution in [3.05, 3.63) is 69.7 Å². The quantitative estimate of drug-likeness (QED) is 0.611. The second-order valence-corrected chi connectivity index (χ2v) is 7.72. The molecule has 1 aliphatic heterocycles. The Balaban J connectivity index is 1.84. The van der Waals surface area contributed by atoms with Gasteiger partial charge in [0.15, 0.2) is 0 Å². The number of ether oxygens (including phenoxy) is 1. The summed E-state index contributed by atoms with van der Waals surface area (Å²) in [6, 6.07) is 13.1. The summed E-state index contributed by atoms with van der Waals surface area (Å²) in [4.78, 5) is 25.3. The molecule has 29 heavy (non-hydrogen) atoms. The zero-order chi connectivity index (χ0) is 20.5. The smallest absolute Gasteiger partial charge is 0.346 e. The van der Waals surface area contributed by atoms with Crippen LogP contribution in [0.1, 0.15) is 39.4 Å². The minimum absolute atomic E-state index is 0.125. The minimum Gasteiger partial charge on any atom is -0.494 e. The molecule has 2 heterocycles. The lowest BCUT2D eigenvalue weighted by molar-refractivity contribution is -0.116. The average molecular weight is 411 g/mol. The summed E-state index contributed by atoms with van der Waals surface area (Å²) >= 11 is 1.15. The summed E-state index contributed by atoms with van der Waals surface area (Å²) in [5, 5.41) is 12.6. The van der Waals surface area contributed by atoms with Crippen LogP contribution in [0, 0.1) is 5.82 Å². The molecule has 0 saturated heterocycles. The monoisotopic (exact) mass is 411 g/mol. The topological polar surface area (TPSA) is 75.6 Å². The molecule has 1 unspecified atom stereocenters. The number of thiophene rings is 1. The van der Waals surface area contributed by atoms with Gasteiger partial charge in [-0.25, -0.2) is 9.18 Å². The molecule has 0 radical (unpaired) electrons. The number of anilines is 1. The molecule has 0 fully saturated rings. The Morgan fingerprint density at radius 1 is 1.21 bits per heavy atom. The van der Waals surface area contributed by atoms with Crippen molar-refractivity contribution in [2.75, 3.05) is 11.9 Å². The second kappa shape index (κ2) is 7.67. The molecule has 0 bridgehead atoms. The fraction of sp³-hybridized carbons (Fsp3) is 0.182. The molecule has 0 aliphatic carbocycles. The fourth-order valence-corrected chi connectivity index (χ4v) is 4.81. The third-order valence-electron chi connectivity index (χ3n) is 4.83. The molecular formula is C22H18FNO4S. The van der Waals surface area contributed by atoms with Gasteiger partial charge in [-0.2, -0.15) is 0 Å². The van der Waals surface area contributed by atoms with Gasteiger partial charge in [0.05, 0.1) is 12.3 Å². The van der Waals surface area contributed by atoms with E-state index in [-0.39, 0.29) is 23.1 Å². The van der Waals surface area contributed by atoms with Gasteiger partial charge >= 0.3 is 5.97 Å². The minimum atomic E-state index is -1.08. The predicted molar refractivity (Wildman–Crippen MR) is 109 cm³/mol. The second-order valence-electron chi connectivity index (χ2n) is 6.66. The highest BCUT2D eigenvalue weighted by Crippen LogP contribution is 2.49. The van der Waals surface area contributed by atoms with Gasteiger partial charge in [-0.3, -0.25) is 4.79 Å². The Bertz CT molecular complexity index is 1070. The molecule has 1 atom stereocenters. The summed E-state index contributed by atoms with van der Waals surface area (Å²) in [6.07, 6.45) is 0.226. The first kappa shape index (κ1) is 19.1. The normalized spacial score (nSPS) is 15.5. The molecule has 148 valence electrons. The zero-order valence-electron chi connectivity index (χ0n) is 15.6. The third-order valence-corrected chi connectivity index (χ3v) is 6.12. The summed E-state index contributed by atoms with van der Waals surface area (Å²) in [6.45, 7) is 2.46. The number of rotatable bonds is 5. The molecule has 2 aromatic carbocycles. The van der Waals surface area contributed by atoms with Crippen LogP contribution < -0.4 is 10.1 Å². The van der Waals surface area contributed by atoms with Crippen LogP contribution in [0.5, 0.6) is 5.75 Å². The third kappa shape index (κ3) is 3.61. The number of benzene rings is 2. The van der Waals surface area contributed by atoms with Crippen LogP contribution in [0.4, 0.5) is 10.1 Å². The van der Waals surface area contributed by atoms with Crippen LogP contribution in [0.25, 0.3) is 11.1 Å². The first-order valence-electron chi connectivity index (χ1n) is 9.16. The molecule has 5 nitrogen and oxygen atoms in total. The van der Waals surface area contributed by atoms with E-state index < -0.39 is 11.8 Å². The number of carboxylic acid groups (broad SMARTS) is 1. The summed E-state index contributed by atoms with van der Waals surface area (Å²) < 4.78 is 18.8. The lowest BCUT2D eigenvalue weighted by Gasteiger charge is -2.24. The number of carbonyl (C=O) groups is 2. The van der Waals surface area contributed by atoms with Crippen LogP contribution in [0.2, 0.25) is 0 Å². The highest BCUT2D eigenvalue weighted by molar-refractivity contribution is 7.15. The van der Waals surface area contributed by atoms with Gasteiger partial charge < -0.3 is 15.2 Å². The molecule has 3 aromatic rings. The largest absolute Gasteiger partial charge is 0.494 e. The average Bonchev–Trinajstić information content (AvgIpc) is 3.08. The molecule has 2 N–H and O–H groups in total. The molecule has 7 heteroatoms. The van der Waals surface area contributed by atoms with Crippen LogP contribution in [-0.2, 0) is 4.79 Å². The molecule has 1 aromatic heterocycles. The molecule has 0 saturated carbocycles. The van der Waals surface area contributed by atoms with E-state index in [1.54, 1.807) is 0 Å². The van der Waals surface area contributed by atoms with E-state index >= 15 is 0 Å². The zero-order valence-corrected chi connectivity index (χ0v) is 16.4. The van der Waals surface area contributed by atoms with Crippen molar-refractivity contribution >= 4 is 28.9 Å². The van der Waals surface area contributed by atoms with Crippen molar-refractivity contribution in [2.24, 2.45) is 0 Å². The van der Waals surface area contributed by atoms with Crippen molar-refractivity contribution < 1.29 is 23.8 Å². The number of hydrogen-bond donors (Lipinski definition) is 2. The van der Waals surface area contributed by atoms with Gasteiger partial charge in [-0.05, 0) is 42.3 Å². The van der Waals surface area contributed by atoms with Crippen molar-refractivity contribution in [1.82, 2.24) is 0 Å². The first-order valence-corrected chi connectivity index (χ1v) is 9.98. The molecular weight excluding hydrogens is 393 g/mol. The number of nitrogens with one attached hydrogen (secondary N) is 1. The lowest BCUT2D eigenvalue weighted by Crippen LogP contribution is -2.22. The van der Waals surface area contributed by atoms with E-state index in [1.165, 1.54) is 24.3 Å². The maximum atomic E-state index is 13.4. The predicted octanol–water partition coefficient (Wildman–Crippen LogP) is 5.13. The fourth-order valence-electron chi connectivity index (χ4n) is 3.56. The van der Waals surface area contributed by atoms with Crippen LogP contribution in [0.3, 0.4) is 0 Å². The van der Waals surface area contributed by atoms with Crippen LogP contribution >= 0.6 is 11.3 Å². The van der Waals surface area contributed by atoms with Crippen LogP contribution in [-0.4, -0.2) is 23.6 Å². The highest BCUT2D eigenvalue weighted by atomic mass is 32.1. The number of hydrogen-bond acceptors (Lipinski definition) is 4. The molecule has 1 amide bonds. The Morgan fingerprint density at radius 3 is 2.52 bits per heavy atom. The SMILES string of the molecule is CCOc1ccc(C2CC(=O)Nc3c2sc(C(=O)O)c3-c2ccc(F)cc2)cc1. The Hall–Kier alpha value is -3.19. The standard InChI is InChI=1S/C22H18FNO4S/c1-2-28-15-9-5-12(6-10-15)16-11-17(25)24-19-18(13-3-7-14(23)8-4-13)21(22(26)27)29-20(16)19/h3-10,16H,2,11H2,1H3,(H,24,25)(H,26,27). The van der Waals surface area contributed by atoms with E-state index in [1.807, 2.05) is 31.2 Å². The number of aromatic carboxylic acids is 1. The number of amides is 1. The number of fused-ring (bicyclic) bond motifs is 1. The molecule has 0 spiro atoms. The maximum absolute atomic E-state index is 13.4. The summed E-state index contributed by atoms with van der Waals surface area (Å²) in [5.41, 5.74) is 2.37.